The molecule has 1 heterocycles. The molecule has 1 fully saturated rings. The number of nitrogens with zero attached hydrogens (tertiary/aromatic N) is 3. The lowest BCUT2D eigenvalue weighted by molar-refractivity contribution is -0.0227. The summed E-state index contributed by atoms with van der Waals surface area (Å²) in [6.07, 6.45) is 3.17. The van der Waals surface area contributed by atoms with Crippen molar-refractivity contribution in [2.45, 2.75) is 26.0 Å². The highest BCUT2D eigenvalue weighted by molar-refractivity contribution is 6.13. The van der Waals surface area contributed by atoms with Crippen LogP contribution in [0.3, 0.4) is 0 Å². The third kappa shape index (κ3) is 3.73. The highest BCUT2D eigenvalue weighted by atomic mass is 35.5. The molecule has 0 bridgehead atoms. The molecular formula is C14H20ClN3O3. The molecule has 0 aromatic carbocycles. The van der Waals surface area contributed by atoms with Crippen molar-refractivity contribution in [2.24, 2.45) is 0 Å². The van der Waals surface area contributed by atoms with Gasteiger partial charge in [-0.25, -0.2) is 4.42 Å². The Balaban J connectivity index is 2.33. The molecule has 116 valence electrons. The second-order valence-corrected chi connectivity index (χ2v) is 5.11. The average molecular weight is 314 g/mol. The number of rotatable bonds is 5. The summed E-state index contributed by atoms with van der Waals surface area (Å²) in [6, 6.07) is -0.110. The molecule has 1 aliphatic heterocycles. The molecule has 0 spiro atoms. The van der Waals surface area contributed by atoms with E-state index in [-0.39, 0.29) is 6.04 Å². The Morgan fingerprint density at radius 3 is 2.90 bits per heavy atom. The smallest absolute Gasteiger partial charge is 0.328 e. The maximum absolute atomic E-state index is 9.14. The van der Waals surface area contributed by atoms with E-state index >= 15 is 0 Å². The molecule has 21 heavy (non-hydrogen) atoms. The summed E-state index contributed by atoms with van der Waals surface area (Å²) >= 11 is 6.29. The van der Waals surface area contributed by atoms with Crippen LogP contribution in [0.4, 0.5) is 0 Å². The second-order valence-electron chi connectivity index (χ2n) is 4.68. The highest BCUT2D eigenvalue weighted by Crippen LogP contribution is 2.28. The van der Waals surface area contributed by atoms with Gasteiger partial charge in [0, 0.05) is 18.7 Å². The van der Waals surface area contributed by atoms with Crippen molar-refractivity contribution in [3.05, 3.63) is 29.0 Å². The van der Waals surface area contributed by atoms with Crippen LogP contribution in [0.5, 0.6) is 0 Å². The number of morpholine rings is 1. The summed E-state index contributed by atoms with van der Waals surface area (Å²) in [4.78, 5) is 3.29. The molecular weight excluding hydrogens is 294 g/mol. The molecule has 0 aromatic heterocycles. The summed E-state index contributed by atoms with van der Waals surface area (Å²) in [7, 11) is 0. The van der Waals surface area contributed by atoms with Crippen molar-refractivity contribution in [1.29, 1.82) is 0 Å². The number of halogens is 1. The van der Waals surface area contributed by atoms with Gasteiger partial charge >= 0.3 is 5.71 Å². The first-order valence-corrected chi connectivity index (χ1v) is 7.45. The van der Waals surface area contributed by atoms with Crippen LogP contribution in [0.25, 0.3) is 5.53 Å². The monoisotopic (exact) mass is 313 g/mol. The largest absolute Gasteiger partial charge is 0.493 e. The lowest BCUT2D eigenvalue weighted by atomic mass is 9.95. The van der Waals surface area contributed by atoms with Crippen LogP contribution in [-0.2, 0) is 14.2 Å². The van der Waals surface area contributed by atoms with Gasteiger partial charge in [0.15, 0.2) is 6.10 Å². The van der Waals surface area contributed by atoms with Crippen LogP contribution < -0.4 is 0 Å². The molecule has 2 unspecified atom stereocenters. The molecule has 2 atom stereocenters. The maximum atomic E-state index is 9.14. The standard InChI is InChI=1S/C14H20ClN3O3/c1-3-20-13-8-11(17-16)14(21-4-2)7-10(13)12-9-19-6-5-18(12)15/h7-8,12,14H,3-6,9H2,1-2H3. The van der Waals surface area contributed by atoms with Gasteiger partial charge in [0.2, 0.25) is 0 Å². The highest BCUT2D eigenvalue weighted by Gasteiger charge is 2.35. The first kappa shape index (κ1) is 16.2. The van der Waals surface area contributed by atoms with Gasteiger partial charge in [-0.1, -0.05) is 0 Å². The Bertz CT molecular complexity index is 486. The minimum atomic E-state index is -0.411. The van der Waals surface area contributed by atoms with E-state index in [1.807, 2.05) is 19.9 Å². The van der Waals surface area contributed by atoms with Gasteiger partial charge in [-0.15, -0.1) is 0 Å². The molecule has 1 saturated heterocycles. The first-order valence-electron chi connectivity index (χ1n) is 7.11. The third-order valence-corrected chi connectivity index (χ3v) is 3.77. The number of hydrogen-bond acceptors (Lipinski definition) is 4. The van der Waals surface area contributed by atoms with E-state index in [1.54, 1.807) is 10.5 Å². The zero-order valence-corrected chi connectivity index (χ0v) is 13.0. The molecule has 0 N–H and O–H groups in total. The predicted octanol–water partition coefficient (Wildman–Crippen LogP) is 1.78. The van der Waals surface area contributed by atoms with Crippen molar-refractivity contribution >= 4 is 17.5 Å². The van der Waals surface area contributed by atoms with Gasteiger partial charge in [0.05, 0.1) is 31.9 Å². The molecule has 0 amide bonds. The normalized spacial score (nSPS) is 26.9. The predicted molar refractivity (Wildman–Crippen MR) is 79.0 cm³/mol. The third-order valence-electron chi connectivity index (χ3n) is 3.37. The van der Waals surface area contributed by atoms with Crippen molar-refractivity contribution in [2.75, 3.05) is 33.0 Å². The molecule has 0 aromatic rings. The zero-order valence-electron chi connectivity index (χ0n) is 12.3. The van der Waals surface area contributed by atoms with Crippen molar-refractivity contribution < 1.29 is 19.0 Å². The van der Waals surface area contributed by atoms with Crippen LogP contribution in [0.2, 0.25) is 0 Å². The van der Waals surface area contributed by atoms with Gasteiger partial charge in [-0.2, -0.15) is 4.79 Å². The van der Waals surface area contributed by atoms with E-state index in [4.69, 9.17) is 31.5 Å². The molecule has 0 saturated carbocycles. The van der Waals surface area contributed by atoms with E-state index in [9.17, 15) is 0 Å². The van der Waals surface area contributed by atoms with E-state index < -0.39 is 6.10 Å². The lowest BCUT2D eigenvalue weighted by Gasteiger charge is -2.33. The molecule has 0 radical (unpaired) electrons. The fourth-order valence-corrected chi connectivity index (χ4v) is 2.64. The van der Waals surface area contributed by atoms with Gasteiger partial charge in [-0.3, -0.25) is 0 Å². The summed E-state index contributed by atoms with van der Waals surface area (Å²) in [6.45, 7) is 6.56. The summed E-state index contributed by atoms with van der Waals surface area (Å²) in [5, 5.41) is 0. The molecule has 6 nitrogen and oxygen atoms in total. The van der Waals surface area contributed by atoms with Crippen LogP contribution in [0.15, 0.2) is 23.5 Å². The molecule has 2 aliphatic rings. The Hall–Kier alpha value is -1.17. The Morgan fingerprint density at radius 1 is 1.48 bits per heavy atom. The first-order chi connectivity index (χ1) is 10.2. The second kappa shape index (κ2) is 7.73. The van der Waals surface area contributed by atoms with Gasteiger partial charge in [-0.05, 0) is 31.7 Å². The minimum Gasteiger partial charge on any atom is -0.493 e. The number of ether oxygens (including phenoxy) is 3. The molecule has 7 heteroatoms. The molecule has 1 aliphatic carbocycles. The maximum Gasteiger partial charge on any atom is 0.328 e. The number of hydrogen-bond donors (Lipinski definition) is 0. The van der Waals surface area contributed by atoms with Crippen molar-refractivity contribution in [3.63, 3.8) is 0 Å². The van der Waals surface area contributed by atoms with Gasteiger partial charge in [0.1, 0.15) is 5.76 Å². The van der Waals surface area contributed by atoms with Crippen molar-refractivity contribution in [3.8, 4) is 0 Å². The van der Waals surface area contributed by atoms with Crippen LogP contribution in [0.1, 0.15) is 13.8 Å². The van der Waals surface area contributed by atoms with E-state index in [1.165, 1.54) is 0 Å². The molecule has 2 rings (SSSR count). The Labute approximate surface area is 129 Å². The summed E-state index contributed by atoms with van der Waals surface area (Å²) < 4.78 is 18.5. The topological polar surface area (TPSA) is 67.3 Å². The van der Waals surface area contributed by atoms with Gasteiger partial charge < -0.3 is 19.7 Å². The van der Waals surface area contributed by atoms with E-state index in [0.29, 0.717) is 44.4 Å². The summed E-state index contributed by atoms with van der Waals surface area (Å²) in [5.74, 6) is 0.641. The van der Waals surface area contributed by atoms with Crippen LogP contribution in [0, 0.1) is 0 Å². The Kier molecular flexibility index (Phi) is 5.96. The van der Waals surface area contributed by atoms with E-state index in [0.717, 1.165) is 5.57 Å². The van der Waals surface area contributed by atoms with Crippen LogP contribution >= 0.6 is 11.8 Å². The fraction of sp³-hybridized carbons (Fsp3) is 0.643. The van der Waals surface area contributed by atoms with E-state index in [2.05, 4.69) is 4.79 Å². The zero-order chi connectivity index (χ0) is 15.2. The summed E-state index contributed by atoms with van der Waals surface area (Å²) in [5.41, 5.74) is 10.5. The average Bonchev–Trinajstić information content (AvgIpc) is 2.49. The van der Waals surface area contributed by atoms with Crippen LogP contribution in [-0.4, -0.2) is 60.0 Å². The lowest BCUT2D eigenvalue weighted by Crippen LogP contribution is -2.43. The quantitative estimate of drug-likeness (QED) is 0.441. The minimum absolute atomic E-state index is 0.110. The van der Waals surface area contributed by atoms with Gasteiger partial charge in [0.25, 0.3) is 0 Å². The SMILES string of the molecule is CCOC1=CC(=[N+]=[N-])C(OCC)C=C1C1COCCN1Cl. The Morgan fingerprint density at radius 2 is 2.29 bits per heavy atom. The fourth-order valence-electron chi connectivity index (χ4n) is 2.41. The van der Waals surface area contributed by atoms with Crippen molar-refractivity contribution in [1.82, 2.24) is 4.42 Å².